The SMILES string of the molecule is CCNC(=NCc1ccc(CS(=O)(=O)NC)cc1)NCCc1ccc2c(c1)CCO2. The highest BCUT2D eigenvalue weighted by molar-refractivity contribution is 7.88. The van der Waals surface area contributed by atoms with Crippen LogP contribution in [0.1, 0.15) is 29.2 Å². The van der Waals surface area contributed by atoms with Gasteiger partial charge in [-0.1, -0.05) is 36.4 Å². The second-order valence-electron chi connectivity index (χ2n) is 7.19. The van der Waals surface area contributed by atoms with Crippen LogP contribution in [0, 0.1) is 0 Å². The third-order valence-corrected chi connectivity index (χ3v) is 6.25. The minimum atomic E-state index is -3.26. The van der Waals surface area contributed by atoms with Gasteiger partial charge >= 0.3 is 0 Å². The van der Waals surface area contributed by atoms with Gasteiger partial charge in [0.25, 0.3) is 0 Å². The molecular weight excluding hydrogens is 400 g/mol. The van der Waals surface area contributed by atoms with Gasteiger partial charge in [0.05, 0.1) is 18.9 Å². The predicted octanol–water partition coefficient (Wildman–Crippen LogP) is 1.97. The van der Waals surface area contributed by atoms with Crippen molar-refractivity contribution in [3.05, 3.63) is 64.7 Å². The number of hydrogen-bond acceptors (Lipinski definition) is 4. The number of rotatable bonds is 9. The molecule has 1 heterocycles. The average Bonchev–Trinajstić information content (AvgIpc) is 3.21. The van der Waals surface area contributed by atoms with E-state index < -0.39 is 10.0 Å². The van der Waals surface area contributed by atoms with Gasteiger partial charge in [-0.05, 0) is 48.7 Å². The molecule has 1 aliphatic rings. The Balaban J connectivity index is 1.52. The molecule has 2 aromatic carbocycles. The van der Waals surface area contributed by atoms with Crippen molar-refractivity contribution < 1.29 is 13.2 Å². The average molecular weight is 431 g/mol. The van der Waals surface area contributed by atoms with Crippen LogP contribution in [0.5, 0.6) is 5.75 Å². The van der Waals surface area contributed by atoms with E-state index in [1.807, 2.05) is 31.2 Å². The fraction of sp³-hybridized carbons (Fsp3) is 0.409. The van der Waals surface area contributed by atoms with Crippen molar-refractivity contribution in [3.63, 3.8) is 0 Å². The summed E-state index contributed by atoms with van der Waals surface area (Å²) in [5.74, 6) is 1.76. The number of aliphatic imine (C=N–C) groups is 1. The molecule has 162 valence electrons. The Hall–Kier alpha value is -2.58. The molecule has 0 atom stereocenters. The first-order chi connectivity index (χ1) is 14.5. The number of benzene rings is 2. The molecule has 0 aliphatic carbocycles. The Morgan fingerprint density at radius 2 is 1.80 bits per heavy atom. The Morgan fingerprint density at radius 1 is 1.07 bits per heavy atom. The van der Waals surface area contributed by atoms with E-state index in [2.05, 4.69) is 38.5 Å². The quantitative estimate of drug-likeness (QED) is 0.418. The smallest absolute Gasteiger partial charge is 0.215 e. The van der Waals surface area contributed by atoms with Crippen molar-refractivity contribution in [1.82, 2.24) is 15.4 Å². The molecule has 0 aromatic heterocycles. The van der Waals surface area contributed by atoms with Crippen LogP contribution in [-0.2, 0) is 35.2 Å². The van der Waals surface area contributed by atoms with Crippen LogP contribution in [0.4, 0.5) is 0 Å². The van der Waals surface area contributed by atoms with Crippen molar-refractivity contribution in [1.29, 1.82) is 0 Å². The van der Waals surface area contributed by atoms with Crippen molar-refractivity contribution in [2.45, 2.75) is 32.1 Å². The number of ether oxygens (including phenoxy) is 1. The Kier molecular flexibility index (Phi) is 7.70. The van der Waals surface area contributed by atoms with Gasteiger partial charge in [0, 0.05) is 19.5 Å². The van der Waals surface area contributed by atoms with Gasteiger partial charge in [-0.3, -0.25) is 0 Å². The van der Waals surface area contributed by atoms with Gasteiger partial charge in [0.2, 0.25) is 10.0 Å². The standard InChI is InChI=1S/C22H30N4O3S/c1-3-24-22(25-12-10-17-8-9-21-20(14-17)11-13-29-21)26-15-18-4-6-19(7-5-18)16-30(27,28)23-2/h4-9,14,23H,3,10-13,15-16H2,1-2H3,(H2,24,25,26). The second kappa shape index (κ2) is 10.4. The Bertz CT molecular complexity index is 972. The van der Waals surface area contributed by atoms with Crippen molar-refractivity contribution >= 4 is 16.0 Å². The molecule has 8 heteroatoms. The Labute approximate surface area is 179 Å². The van der Waals surface area contributed by atoms with E-state index in [1.54, 1.807) is 0 Å². The summed E-state index contributed by atoms with van der Waals surface area (Å²) in [7, 11) is -1.84. The summed E-state index contributed by atoms with van der Waals surface area (Å²) < 4.78 is 31.2. The molecule has 0 bridgehead atoms. The molecular formula is C22H30N4O3S. The van der Waals surface area contributed by atoms with Crippen LogP contribution in [0.15, 0.2) is 47.5 Å². The van der Waals surface area contributed by atoms with Gasteiger partial charge in [0.1, 0.15) is 5.75 Å². The molecule has 7 nitrogen and oxygen atoms in total. The second-order valence-corrected chi connectivity index (χ2v) is 9.12. The zero-order valence-electron chi connectivity index (χ0n) is 17.6. The molecule has 0 saturated carbocycles. The third-order valence-electron chi connectivity index (χ3n) is 4.91. The monoisotopic (exact) mass is 430 g/mol. The number of nitrogens with zero attached hydrogens (tertiary/aromatic N) is 1. The summed E-state index contributed by atoms with van der Waals surface area (Å²) in [6.45, 7) is 4.90. The normalized spacial score (nSPS) is 13.6. The van der Waals surface area contributed by atoms with E-state index in [0.29, 0.717) is 6.54 Å². The molecule has 0 unspecified atom stereocenters. The highest BCUT2D eigenvalue weighted by Gasteiger charge is 2.12. The molecule has 3 N–H and O–H groups in total. The summed E-state index contributed by atoms with van der Waals surface area (Å²) in [6, 6.07) is 13.9. The fourth-order valence-corrected chi connectivity index (χ4v) is 4.04. The topological polar surface area (TPSA) is 91.8 Å². The van der Waals surface area contributed by atoms with Gasteiger partial charge in [-0.2, -0.15) is 0 Å². The fourth-order valence-electron chi connectivity index (χ4n) is 3.27. The predicted molar refractivity (Wildman–Crippen MR) is 120 cm³/mol. The molecule has 0 spiro atoms. The van der Waals surface area contributed by atoms with E-state index in [4.69, 9.17) is 4.74 Å². The maximum Gasteiger partial charge on any atom is 0.215 e. The van der Waals surface area contributed by atoms with Crippen LogP contribution >= 0.6 is 0 Å². The maximum absolute atomic E-state index is 11.6. The summed E-state index contributed by atoms with van der Waals surface area (Å²) in [6.07, 6.45) is 1.90. The van der Waals surface area contributed by atoms with Gasteiger partial charge in [-0.15, -0.1) is 0 Å². The minimum absolute atomic E-state index is 0.0218. The lowest BCUT2D eigenvalue weighted by Crippen LogP contribution is -2.38. The van der Waals surface area contributed by atoms with Crippen molar-refractivity contribution in [3.8, 4) is 5.75 Å². The lowest BCUT2D eigenvalue weighted by atomic mass is 10.1. The third kappa shape index (κ3) is 6.47. The highest BCUT2D eigenvalue weighted by atomic mass is 32.2. The van der Waals surface area contributed by atoms with Gasteiger partial charge in [-0.25, -0.2) is 18.1 Å². The van der Waals surface area contributed by atoms with E-state index in [-0.39, 0.29) is 5.75 Å². The first-order valence-electron chi connectivity index (χ1n) is 10.2. The number of nitrogens with one attached hydrogen (secondary N) is 3. The maximum atomic E-state index is 11.6. The molecule has 1 aliphatic heterocycles. The summed E-state index contributed by atoms with van der Waals surface area (Å²) >= 11 is 0. The van der Waals surface area contributed by atoms with Crippen molar-refractivity contribution in [2.24, 2.45) is 4.99 Å². The van der Waals surface area contributed by atoms with Crippen LogP contribution < -0.4 is 20.1 Å². The highest BCUT2D eigenvalue weighted by Crippen LogP contribution is 2.25. The lowest BCUT2D eigenvalue weighted by molar-refractivity contribution is 0.357. The Morgan fingerprint density at radius 3 is 2.53 bits per heavy atom. The largest absolute Gasteiger partial charge is 0.493 e. The van der Waals surface area contributed by atoms with Crippen LogP contribution in [0.25, 0.3) is 0 Å². The van der Waals surface area contributed by atoms with Gasteiger partial charge < -0.3 is 15.4 Å². The number of hydrogen-bond donors (Lipinski definition) is 3. The van der Waals surface area contributed by atoms with Crippen LogP contribution in [0.3, 0.4) is 0 Å². The first-order valence-corrected chi connectivity index (χ1v) is 11.9. The zero-order chi connectivity index (χ0) is 21.4. The number of sulfonamides is 1. The van der Waals surface area contributed by atoms with E-state index >= 15 is 0 Å². The molecule has 0 radical (unpaired) electrons. The summed E-state index contributed by atoms with van der Waals surface area (Å²) in [5, 5.41) is 6.64. The zero-order valence-corrected chi connectivity index (χ0v) is 18.4. The number of fused-ring (bicyclic) bond motifs is 1. The van der Waals surface area contributed by atoms with E-state index in [1.165, 1.54) is 18.2 Å². The van der Waals surface area contributed by atoms with Crippen LogP contribution in [0.2, 0.25) is 0 Å². The van der Waals surface area contributed by atoms with E-state index in [9.17, 15) is 8.42 Å². The molecule has 0 saturated heterocycles. The molecule has 30 heavy (non-hydrogen) atoms. The molecule has 2 aromatic rings. The van der Waals surface area contributed by atoms with Crippen molar-refractivity contribution in [2.75, 3.05) is 26.7 Å². The lowest BCUT2D eigenvalue weighted by Gasteiger charge is -2.12. The van der Waals surface area contributed by atoms with E-state index in [0.717, 1.165) is 55.4 Å². The minimum Gasteiger partial charge on any atom is -0.493 e. The first kappa shape index (κ1) is 22.1. The molecule has 0 fully saturated rings. The summed E-state index contributed by atoms with van der Waals surface area (Å²) in [4.78, 5) is 4.64. The number of guanidine groups is 1. The molecule has 3 rings (SSSR count). The van der Waals surface area contributed by atoms with Crippen LogP contribution in [-0.4, -0.2) is 41.1 Å². The molecule has 0 amide bonds. The summed E-state index contributed by atoms with van der Waals surface area (Å²) in [5.41, 5.74) is 4.35. The van der Waals surface area contributed by atoms with Gasteiger partial charge in [0.15, 0.2) is 5.96 Å².